The summed E-state index contributed by atoms with van der Waals surface area (Å²) in [4.78, 5) is 0. The summed E-state index contributed by atoms with van der Waals surface area (Å²) in [5.74, 6) is -2.46. The van der Waals surface area contributed by atoms with Gasteiger partial charge in [-0.2, -0.15) is 0 Å². The Morgan fingerprint density at radius 2 is 1.43 bits per heavy atom. The van der Waals surface area contributed by atoms with E-state index < -0.39 is 17.5 Å². The van der Waals surface area contributed by atoms with Crippen LogP contribution in [0.15, 0.2) is 12.1 Å². The van der Waals surface area contributed by atoms with Crippen LogP contribution in [-0.4, -0.2) is 12.1 Å². The van der Waals surface area contributed by atoms with Crippen molar-refractivity contribution >= 4 is 0 Å². The first-order valence-corrected chi connectivity index (χ1v) is 7.39. The fourth-order valence-electron chi connectivity index (χ4n) is 2.18. The number of benzene rings is 1. The van der Waals surface area contributed by atoms with Crippen molar-refractivity contribution in [1.82, 2.24) is 5.32 Å². The number of rotatable bonds is 6. The first kappa shape index (κ1) is 18.0. The van der Waals surface area contributed by atoms with Gasteiger partial charge in [-0.1, -0.05) is 13.8 Å². The number of halogens is 3. The highest BCUT2D eigenvalue weighted by Gasteiger charge is 2.21. The molecule has 1 N–H and O–H groups in total. The molecule has 0 atom stereocenters. The van der Waals surface area contributed by atoms with Crippen LogP contribution >= 0.6 is 0 Å². The molecular weight excluding hydrogens is 275 g/mol. The van der Waals surface area contributed by atoms with Crippen LogP contribution in [0.5, 0.6) is 0 Å². The van der Waals surface area contributed by atoms with Gasteiger partial charge in [-0.3, -0.25) is 0 Å². The number of nitrogens with one attached hydrogen (secondary N) is 1. The molecule has 0 saturated carbocycles. The van der Waals surface area contributed by atoms with Crippen LogP contribution in [0.4, 0.5) is 13.2 Å². The normalized spacial score (nSPS) is 12.8. The predicted octanol–water partition coefficient (Wildman–Crippen LogP) is 4.84. The average molecular weight is 301 g/mol. The molecular formula is C17H26F3N. The molecule has 0 aliphatic carbocycles. The van der Waals surface area contributed by atoms with E-state index in [0.717, 1.165) is 25.1 Å². The van der Waals surface area contributed by atoms with Gasteiger partial charge < -0.3 is 5.32 Å². The maximum atomic E-state index is 13.6. The molecule has 120 valence electrons. The van der Waals surface area contributed by atoms with E-state index >= 15 is 0 Å². The van der Waals surface area contributed by atoms with Crippen molar-refractivity contribution in [3.05, 3.63) is 35.1 Å². The molecule has 1 aromatic carbocycles. The molecule has 1 rings (SSSR count). The molecule has 0 aliphatic heterocycles. The highest BCUT2D eigenvalue weighted by atomic mass is 19.1. The average Bonchev–Trinajstić information content (AvgIpc) is 2.24. The van der Waals surface area contributed by atoms with E-state index in [9.17, 15) is 13.2 Å². The van der Waals surface area contributed by atoms with Crippen LogP contribution in [0.25, 0.3) is 0 Å². The topological polar surface area (TPSA) is 12.0 Å². The Bertz CT molecular complexity index is 452. The summed E-state index contributed by atoms with van der Waals surface area (Å²) in [5.41, 5.74) is 0.00444. The van der Waals surface area contributed by atoms with Crippen molar-refractivity contribution in [3.63, 3.8) is 0 Å². The third-order valence-electron chi connectivity index (χ3n) is 3.61. The van der Waals surface area contributed by atoms with E-state index in [2.05, 4.69) is 39.9 Å². The van der Waals surface area contributed by atoms with E-state index in [0.29, 0.717) is 6.42 Å². The smallest absolute Gasteiger partial charge is 0.132 e. The first-order valence-electron chi connectivity index (χ1n) is 7.39. The third-order valence-corrected chi connectivity index (χ3v) is 3.61. The minimum absolute atomic E-state index is 0.0201. The highest BCUT2D eigenvalue weighted by Crippen LogP contribution is 2.28. The maximum absolute atomic E-state index is 13.6. The van der Waals surface area contributed by atoms with Gasteiger partial charge in [0.2, 0.25) is 0 Å². The lowest BCUT2D eigenvalue weighted by Crippen LogP contribution is -2.38. The zero-order chi connectivity index (χ0) is 16.3. The van der Waals surface area contributed by atoms with E-state index in [1.54, 1.807) is 0 Å². The van der Waals surface area contributed by atoms with Crippen LogP contribution in [0.3, 0.4) is 0 Å². The molecule has 0 fully saturated rings. The minimum atomic E-state index is -0.873. The molecule has 1 aromatic rings. The lowest BCUT2D eigenvalue weighted by Gasteiger charge is -2.28. The monoisotopic (exact) mass is 301 g/mol. The van der Waals surface area contributed by atoms with E-state index in [1.807, 2.05) is 0 Å². The van der Waals surface area contributed by atoms with Gasteiger partial charge in [0.05, 0.1) is 0 Å². The molecule has 0 heterocycles. The standard InChI is InChI=1S/C17H26F3N/c1-16(2,3)21-9-8-17(4,5)7-6-13-14(19)10-12(18)11-15(13)20/h10-11,21H,6-9H2,1-5H3. The fraction of sp³-hybridized carbons (Fsp3) is 0.647. The van der Waals surface area contributed by atoms with Crippen LogP contribution < -0.4 is 5.32 Å². The van der Waals surface area contributed by atoms with Crippen LogP contribution in [0.2, 0.25) is 0 Å². The summed E-state index contributed by atoms with van der Waals surface area (Å²) in [6.45, 7) is 11.3. The second kappa shape index (κ2) is 6.82. The lowest BCUT2D eigenvalue weighted by atomic mass is 9.83. The van der Waals surface area contributed by atoms with Crippen molar-refractivity contribution in [2.45, 2.75) is 59.4 Å². The fourth-order valence-corrected chi connectivity index (χ4v) is 2.18. The summed E-state index contributed by atoms with van der Waals surface area (Å²) in [6.07, 6.45) is 1.84. The molecule has 0 amide bonds. The summed E-state index contributed by atoms with van der Waals surface area (Å²) in [7, 11) is 0. The van der Waals surface area contributed by atoms with Gasteiger partial charge in [0, 0.05) is 23.2 Å². The Hall–Kier alpha value is -1.03. The van der Waals surface area contributed by atoms with Crippen molar-refractivity contribution in [2.75, 3.05) is 6.54 Å². The predicted molar refractivity (Wildman–Crippen MR) is 80.8 cm³/mol. The van der Waals surface area contributed by atoms with Crippen molar-refractivity contribution in [1.29, 1.82) is 0 Å². The Labute approximate surface area is 125 Å². The lowest BCUT2D eigenvalue weighted by molar-refractivity contribution is 0.282. The zero-order valence-electron chi connectivity index (χ0n) is 13.6. The second-order valence-corrected chi connectivity index (χ2v) is 7.44. The van der Waals surface area contributed by atoms with Gasteiger partial charge in [0.1, 0.15) is 17.5 Å². The molecule has 1 nitrogen and oxygen atoms in total. The molecule has 0 spiro atoms. The van der Waals surface area contributed by atoms with Crippen LogP contribution in [0, 0.1) is 22.9 Å². The summed E-state index contributed by atoms with van der Waals surface area (Å²) in [6, 6.07) is 1.49. The van der Waals surface area contributed by atoms with Crippen LogP contribution in [-0.2, 0) is 6.42 Å². The van der Waals surface area contributed by atoms with E-state index in [-0.39, 0.29) is 22.9 Å². The van der Waals surface area contributed by atoms with Gasteiger partial charge >= 0.3 is 0 Å². The van der Waals surface area contributed by atoms with Crippen molar-refractivity contribution in [3.8, 4) is 0 Å². The molecule has 0 aliphatic rings. The van der Waals surface area contributed by atoms with E-state index in [4.69, 9.17) is 0 Å². The van der Waals surface area contributed by atoms with E-state index in [1.165, 1.54) is 0 Å². The Kier molecular flexibility index (Phi) is 5.85. The number of hydrogen-bond acceptors (Lipinski definition) is 1. The summed E-state index contributed by atoms with van der Waals surface area (Å²) >= 11 is 0. The third kappa shape index (κ3) is 6.51. The van der Waals surface area contributed by atoms with Crippen molar-refractivity contribution in [2.24, 2.45) is 5.41 Å². The van der Waals surface area contributed by atoms with Gasteiger partial charge in [0.15, 0.2) is 0 Å². The molecule has 0 aromatic heterocycles. The Morgan fingerprint density at radius 3 is 1.90 bits per heavy atom. The highest BCUT2D eigenvalue weighted by molar-refractivity contribution is 5.21. The molecule has 0 bridgehead atoms. The first-order chi connectivity index (χ1) is 9.50. The maximum Gasteiger partial charge on any atom is 0.132 e. The minimum Gasteiger partial charge on any atom is -0.312 e. The summed E-state index contributed by atoms with van der Waals surface area (Å²) < 4.78 is 40.1. The quantitative estimate of drug-likeness (QED) is 0.792. The van der Waals surface area contributed by atoms with Gasteiger partial charge in [-0.25, -0.2) is 13.2 Å². The Balaban J connectivity index is 2.57. The number of hydrogen-bond donors (Lipinski definition) is 1. The molecule has 0 saturated heterocycles. The Morgan fingerprint density at radius 1 is 0.905 bits per heavy atom. The van der Waals surface area contributed by atoms with Crippen LogP contribution in [0.1, 0.15) is 53.0 Å². The summed E-state index contributed by atoms with van der Waals surface area (Å²) in [5, 5.41) is 3.41. The molecule has 0 unspecified atom stereocenters. The zero-order valence-corrected chi connectivity index (χ0v) is 13.6. The SMILES string of the molecule is CC(C)(CCNC(C)(C)C)CCc1c(F)cc(F)cc1F. The van der Waals surface area contributed by atoms with Crippen molar-refractivity contribution < 1.29 is 13.2 Å². The van der Waals surface area contributed by atoms with Gasteiger partial charge in [-0.15, -0.1) is 0 Å². The van der Waals surface area contributed by atoms with Gasteiger partial charge in [-0.05, 0) is 52.0 Å². The largest absolute Gasteiger partial charge is 0.312 e. The molecule has 0 radical (unpaired) electrons. The molecule has 4 heteroatoms. The second-order valence-electron chi connectivity index (χ2n) is 7.44. The van der Waals surface area contributed by atoms with Gasteiger partial charge in [0.25, 0.3) is 0 Å². The molecule has 21 heavy (non-hydrogen) atoms.